The molecular weight excluding hydrogens is 126 g/mol. The van der Waals surface area contributed by atoms with Gasteiger partial charge in [0, 0.05) is 6.42 Å². The van der Waals surface area contributed by atoms with Gasteiger partial charge in [0.1, 0.15) is 0 Å². The van der Waals surface area contributed by atoms with E-state index in [2.05, 4.69) is 17.6 Å². The van der Waals surface area contributed by atoms with Crippen molar-refractivity contribution in [2.24, 2.45) is 4.99 Å². The number of thiol groups is 1. The van der Waals surface area contributed by atoms with Gasteiger partial charge in [0.2, 0.25) is 6.08 Å². The zero-order chi connectivity index (χ0) is 6.41. The Morgan fingerprint density at radius 2 is 2.38 bits per heavy atom. The van der Waals surface area contributed by atoms with E-state index in [0.717, 1.165) is 0 Å². The molecule has 44 valence electrons. The highest BCUT2D eigenvalue weighted by molar-refractivity contribution is 7.96. The molecule has 0 saturated heterocycles. The van der Waals surface area contributed by atoms with Gasteiger partial charge in [-0.3, -0.25) is 4.79 Å². The summed E-state index contributed by atoms with van der Waals surface area (Å²) in [5.41, 5.74) is 0. The minimum atomic E-state index is -0.260. The van der Waals surface area contributed by atoms with Crippen molar-refractivity contribution in [3.8, 4) is 0 Å². The topological polar surface area (TPSA) is 46.5 Å². The highest BCUT2D eigenvalue weighted by atomic mass is 32.1. The van der Waals surface area contributed by atoms with Crippen molar-refractivity contribution >= 4 is 23.8 Å². The normalized spacial score (nSPS) is 7.62. The van der Waals surface area contributed by atoms with Gasteiger partial charge >= 0.3 is 0 Å². The Hall–Kier alpha value is -0.600. The van der Waals surface area contributed by atoms with E-state index < -0.39 is 0 Å². The van der Waals surface area contributed by atoms with E-state index in [-0.39, 0.29) is 18.1 Å². The molecule has 0 aliphatic carbocycles. The van der Waals surface area contributed by atoms with E-state index in [1.54, 1.807) is 0 Å². The van der Waals surface area contributed by atoms with Gasteiger partial charge in [0.05, 0.1) is 6.54 Å². The zero-order valence-corrected chi connectivity index (χ0v) is 5.02. The fraction of sp³-hybridized carbons (Fsp3) is 0.500. The molecule has 0 fully saturated rings. The first-order chi connectivity index (χ1) is 3.77. The molecule has 0 radical (unpaired) electrons. The molecule has 0 rings (SSSR count). The molecule has 0 heterocycles. The Morgan fingerprint density at radius 1 is 1.75 bits per heavy atom. The van der Waals surface area contributed by atoms with Gasteiger partial charge in [0.15, 0.2) is 5.12 Å². The summed E-state index contributed by atoms with van der Waals surface area (Å²) in [6.45, 7) is 0.200. The van der Waals surface area contributed by atoms with Crippen LogP contribution in [0, 0.1) is 0 Å². The molecule has 0 aliphatic heterocycles. The fourth-order valence-electron chi connectivity index (χ4n) is 0.197. The summed E-state index contributed by atoms with van der Waals surface area (Å²) >= 11 is 3.44. The lowest BCUT2D eigenvalue weighted by Gasteiger charge is -1.80. The van der Waals surface area contributed by atoms with Gasteiger partial charge in [-0.2, -0.15) is 0 Å². The van der Waals surface area contributed by atoms with E-state index in [1.807, 2.05) is 0 Å². The number of nitrogens with zero attached hydrogens (tertiary/aromatic N) is 1. The third-order valence-electron chi connectivity index (χ3n) is 0.502. The van der Waals surface area contributed by atoms with Crippen molar-refractivity contribution in [2.75, 3.05) is 6.54 Å². The van der Waals surface area contributed by atoms with Crippen LogP contribution in [0.1, 0.15) is 6.42 Å². The van der Waals surface area contributed by atoms with Crippen LogP contribution in [-0.2, 0) is 9.59 Å². The predicted octanol–water partition coefficient (Wildman–Crippen LogP) is 0.169. The maximum absolute atomic E-state index is 9.99. The number of hydrogen-bond acceptors (Lipinski definition) is 3. The van der Waals surface area contributed by atoms with Gasteiger partial charge in [0.25, 0.3) is 0 Å². The van der Waals surface area contributed by atoms with Gasteiger partial charge in [-0.05, 0) is 0 Å². The van der Waals surface area contributed by atoms with E-state index in [0.29, 0.717) is 0 Å². The van der Waals surface area contributed by atoms with Gasteiger partial charge in [-0.1, -0.05) is 0 Å². The molecule has 0 aromatic rings. The van der Waals surface area contributed by atoms with Crippen LogP contribution in [0.15, 0.2) is 4.99 Å². The summed E-state index contributed by atoms with van der Waals surface area (Å²) < 4.78 is 0. The predicted molar refractivity (Wildman–Crippen MR) is 31.6 cm³/mol. The molecule has 8 heavy (non-hydrogen) atoms. The SMILES string of the molecule is O=C=NCCC(=O)S. The second-order valence-corrected chi connectivity index (χ2v) is 1.62. The summed E-state index contributed by atoms with van der Waals surface area (Å²) in [7, 11) is 0. The second kappa shape index (κ2) is 4.56. The number of rotatable bonds is 3. The lowest BCUT2D eigenvalue weighted by atomic mass is 10.5. The molecule has 0 aromatic carbocycles. The maximum atomic E-state index is 9.99. The van der Waals surface area contributed by atoms with Crippen molar-refractivity contribution in [1.82, 2.24) is 0 Å². The van der Waals surface area contributed by atoms with E-state index in [4.69, 9.17) is 0 Å². The average molecular weight is 131 g/mol. The van der Waals surface area contributed by atoms with Gasteiger partial charge < -0.3 is 0 Å². The smallest absolute Gasteiger partial charge is 0.234 e. The van der Waals surface area contributed by atoms with Crippen LogP contribution in [0.3, 0.4) is 0 Å². The summed E-state index contributed by atoms with van der Waals surface area (Å²) in [4.78, 5) is 22.5. The molecule has 3 nitrogen and oxygen atoms in total. The van der Waals surface area contributed by atoms with Crippen LogP contribution in [0.25, 0.3) is 0 Å². The molecule has 0 spiro atoms. The number of carbonyl (C=O) groups excluding carboxylic acids is 2. The Kier molecular flexibility index (Phi) is 4.21. The average Bonchev–Trinajstić information content (AvgIpc) is 1.66. The van der Waals surface area contributed by atoms with Gasteiger partial charge in [-0.25, -0.2) is 9.79 Å². The first-order valence-corrected chi connectivity index (χ1v) is 2.47. The highest BCUT2D eigenvalue weighted by Gasteiger charge is 1.88. The van der Waals surface area contributed by atoms with Crippen molar-refractivity contribution in [1.29, 1.82) is 0 Å². The molecule has 0 unspecified atom stereocenters. The second-order valence-electron chi connectivity index (χ2n) is 1.12. The zero-order valence-electron chi connectivity index (χ0n) is 4.13. The Morgan fingerprint density at radius 3 is 2.75 bits per heavy atom. The van der Waals surface area contributed by atoms with Crippen LogP contribution in [0.4, 0.5) is 0 Å². The highest BCUT2D eigenvalue weighted by Crippen LogP contribution is 1.85. The van der Waals surface area contributed by atoms with E-state index in [1.165, 1.54) is 6.08 Å². The summed E-state index contributed by atoms with van der Waals surface area (Å²) in [6, 6.07) is 0. The standard InChI is InChI=1S/C4H5NO2S/c6-3-5-2-1-4(7)8/h1-2H2,(H,7,8). The van der Waals surface area contributed by atoms with E-state index >= 15 is 0 Å². The first kappa shape index (κ1) is 7.40. The third kappa shape index (κ3) is 5.40. The molecule has 4 heteroatoms. The molecular formula is C4H5NO2S. The number of isocyanates is 1. The van der Waals surface area contributed by atoms with Crippen LogP contribution >= 0.6 is 12.6 Å². The number of aliphatic imine (C=N–C) groups is 1. The molecule has 0 amide bonds. The quantitative estimate of drug-likeness (QED) is 0.337. The summed E-state index contributed by atoms with van der Waals surface area (Å²) in [5.74, 6) is 0. The Labute approximate surface area is 52.2 Å². The van der Waals surface area contributed by atoms with Crippen LogP contribution in [0.5, 0.6) is 0 Å². The molecule has 0 N–H and O–H groups in total. The molecule has 0 bridgehead atoms. The molecule has 0 atom stereocenters. The van der Waals surface area contributed by atoms with Crippen molar-refractivity contribution in [3.63, 3.8) is 0 Å². The molecule has 0 saturated carbocycles. The van der Waals surface area contributed by atoms with Crippen molar-refractivity contribution in [2.45, 2.75) is 6.42 Å². The van der Waals surface area contributed by atoms with Crippen LogP contribution in [0.2, 0.25) is 0 Å². The molecule has 0 aromatic heterocycles. The van der Waals surface area contributed by atoms with Crippen LogP contribution in [-0.4, -0.2) is 17.7 Å². The van der Waals surface area contributed by atoms with E-state index in [9.17, 15) is 9.59 Å². The minimum Gasteiger partial charge on any atom is -0.287 e. The fourth-order valence-corrected chi connectivity index (χ4v) is 0.297. The number of hydrogen-bond donors (Lipinski definition) is 1. The Balaban J connectivity index is 3.18. The third-order valence-corrected chi connectivity index (χ3v) is 0.726. The lowest BCUT2D eigenvalue weighted by Crippen LogP contribution is -1.88. The lowest BCUT2D eigenvalue weighted by molar-refractivity contribution is -0.110. The maximum Gasteiger partial charge on any atom is 0.234 e. The van der Waals surface area contributed by atoms with Gasteiger partial charge in [-0.15, -0.1) is 12.6 Å². The number of carbonyl (C=O) groups is 1. The molecule has 0 aliphatic rings. The van der Waals surface area contributed by atoms with Crippen molar-refractivity contribution < 1.29 is 9.59 Å². The monoisotopic (exact) mass is 131 g/mol. The Bertz CT molecular complexity index is 126. The van der Waals surface area contributed by atoms with Crippen molar-refractivity contribution in [3.05, 3.63) is 0 Å². The summed E-state index contributed by atoms with van der Waals surface area (Å²) in [5, 5.41) is -0.260. The van der Waals surface area contributed by atoms with Crippen LogP contribution < -0.4 is 0 Å². The largest absolute Gasteiger partial charge is 0.287 e. The first-order valence-electron chi connectivity index (χ1n) is 2.03. The minimum absolute atomic E-state index is 0.200. The summed E-state index contributed by atoms with van der Waals surface area (Å²) in [6.07, 6.45) is 1.52.